The molecular weight excluding hydrogens is 282 g/mol. The first-order valence-electron chi connectivity index (χ1n) is 7.41. The van der Waals surface area contributed by atoms with Gasteiger partial charge in [-0.3, -0.25) is 4.79 Å². The van der Waals surface area contributed by atoms with Crippen LogP contribution in [0.1, 0.15) is 36.0 Å². The monoisotopic (exact) mass is 307 g/mol. The Bertz CT molecular complexity index is 504. The van der Waals surface area contributed by atoms with Crippen molar-refractivity contribution >= 4 is 29.0 Å². The maximum Gasteiger partial charge on any atom is 0.255 e. The number of nitrogens with two attached hydrogens (primary N) is 1. The van der Waals surface area contributed by atoms with Crippen LogP contribution in [0, 0.1) is 0 Å². The van der Waals surface area contributed by atoms with Crippen LogP contribution >= 0.6 is 11.8 Å². The van der Waals surface area contributed by atoms with E-state index in [1.54, 1.807) is 25.1 Å². The first kappa shape index (κ1) is 16.0. The summed E-state index contributed by atoms with van der Waals surface area (Å²) in [6.45, 7) is 0. The van der Waals surface area contributed by atoms with E-state index in [9.17, 15) is 4.79 Å². The van der Waals surface area contributed by atoms with E-state index in [-0.39, 0.29) is 5.91 Å². The molecule has 1 aromatic carbocycles. The van der Waals surface area contributed by atoms with E-state index in [1.165, 1.54) is 12.8 Å². The van der Waals surface area contributed by atoms with Crippen molar-refractivity contribution in [2.75, 3.05) is 31.4 Å². The lowest BCUT2D eigenvalue weighted by atomic mass is 9.94. The van der Waals surface area contributed by atoms with Gasteiger partial charge in [-0.1, -0.05) is 6.42 Å². The van der Waals surface area contributed by atoms with Gasteiger partial charge < -0.3 is 16.0 Å². The Labute approximate surface area is 131 Å². The first-order valence-corrected chi connectivity index (χ1v) is 8.70. The topological polar surface area (TPSA) is 58.4 Å². The second-order valence-corrected chi connectivity index (χ2v) is 7.01. The van der Waals surface area contributed by atoms with E-state index in [0.717, 1.165) is 18.5 Å². The van der Waals surface area contributed by atoms with Crippen LogP contribution in [0.3, 0.4) is 0 Å². The molecule has 0 spiro atoms. The molecule has 1 aliphatic rings. The maximum absolute atomic E-state index is 12.3. The molecule has 1 aromatic rings. The Morgan fingerprint density at radius 2 is 2.14 bits per heavy atom. The number of nitrogens with one attached hydrogen (secondary N) is 1. The number of rotatable bonds is 4. The van der Waals surface area contributed by atoms with Gasteiger partial charge in [0.15, 0.2) is 0 Å². The summed E-state index contributed by atoms with van der Waals surface area (Å²) in [4.78, 5) is 13.9. The number of benzene rings is 1. The molecule has 0 radical (unpaired) electrons. The van der Waals surface area contributed by atoms with Crippen LogP contribution in [-0.2, 0) is 0 Å². The highest BCUT2D eigenvalue weighted by Crippen LogP contribution is 2.30. The molecule has 1 amide bonds. The van der Waals surface area contributed by atoms with Gasteiger partial charge in [-0.15, -0.1) is 0 Å². The highest BCUT2D eigenvalue weighted by Gasteiger charge is 2.23. The quantitative estimate of drug-likeness (QED) is 0.839. The lowest BCUT2D eigenvalue weighted by Crippen LogP contribution is -2.30. The van der Waals surface area contributed by atoms with Crippen LogP contribution in [0.2, 0.25) is 0 Å². The predicted molar refractivity (Wildman–Crippen MR) is 92.1 cm³/mol. The van der Waals surface area contributed by atoms with Crippen LogP contribution in [-0.4, -0.2) is 42.4 Å². The van der Waals surface area contributed by atoms with Gasteiger partial charge in [-0.05, 0) is 43.7 Å². The fraction of sp³-hybridized carbons (Fsp3) is 0.562. The van der Waals surface area contributed by atoms with Crippen molar-refractivity contribution in [1.29, 1.82) is 0 Å². The van der Waals surface area contributed by atoms with Crippen LogP contribution in [0.25, 0.3) is 0 Å². The average Bonchev–Trinajstić information content (AvgIpc) is 2.47. The molecule has 0 saturated heterocycles. The van der Waals surface area contributed by atoms with Gasteiger partial charge in [-0.2, -0.15) is 11.8 Å². The second-order valence-electron chi connectivity index (χ2n) is 5.87. The van der Waals surface area contributed by atoms with Crippen LogP contribution in [0.15, 0.2) is 18.2 Å². The molecule has 116 valence electrons. The molecule has 4 nitrogen and oxygen atoms in total. The molecule has 1 saturated carbocycles. The molecular formula is C16H25N3OS. The summed E-state index contributed by atoms with van der Waals surface area (Å²) in [6.07, 6.45) is 7.00. The molecule has 3 N–H and O–H groups in total. The molecule has 21 heavy (non-hydrogen) atoms. The highest BCUT2D eigenvalue weighted by molar-refractivity contribution is 7.99. The SMILES string of the molecule is CSC1CCCC(Nc2cc(N)ccc2C(=O)N(C)C)C1. The van der Waals surface area contributed by atoms with Crippen molar-refractivity contribution in [2.45, 2.75) is 37.0 Å². The average molecular weight is 307 g/mol. The van der Waals surface area contributed by atoms with Gasteiger partial charge in [0.1, 0.15) is 0 Å². The third-order valence-electron chi connectivity index (χ3n) is 4.00. The zero-order valence-electron chi connectivity index (χ0n) is 13.1. The maximum atomic E-state index is 12.3. The van der Waals surface area contributed by atoms with Crippen molar-refractivity contribution < 1.29 is 4.79 Å². The van der Waals surface area contributed by atoms with E-state index >= 15 is 0 Å². The zero-order chi connectivity index (χ0) is 15.4. The van der Waals surface area contributed by atoms with Crippen molar-refractivity contribution in [3.05, 3.63) is 23.8 Å². The number of thioether (sulfide) groups is 1. The Morgan fingerprint density at radius 1 is 1.38 bits per heavy atom. The molecule has 0 aliphatic heterocycles. The largest absolute Gasteiger partial charge is 0.399 e. The van der Waals surface area contributed by atoms with E-state index in [4.69, 9.17) is 5.73 Å². The van der Waals surface area contributed by atoms with E-state index in [2.05, 4.69) is 11.6 Å². The molecule has 1 fully saturated rings. The number of carbonyl (C=O) groups is 1. The molecule has 2 atom stereocenters. The number of amides is 1. The number of anilines is 2. The third-order valence-corrected chi connectivity index (χ3v) is 5.09. The lowest BCUT2D eigenvalue weighted by molar-refractivity contribution is 0.0828. The van der Waals surface area contributed by atoms with Crippen LogP contribution < -0.4 is 11.1 Å². The Kier molecular flexibility index (Phi) is 5.39. The molecule has 2 unspecified atom stereocenters. The molecule has 5 heteroatoms. The smallest absolute Gasteiger partial charge is 0.255 e. The number of hydrogen-bond donors (Lipinski definition) is 2. The predicted octanol–water partition coefficient (Wildman–Crippen LogP) is 3.06. The third kappa shape index (κ3) is 4.06. The van der Waals surface area contributed by atoms with Crippen molar-refractivity contribution in [1.82, 2.24) is 4.90 Å². The Balaban J connectivity index is 2.18. The van der Waals surface area contributed by atoms with E-state index < -0.39 is 0 Å². The molecule has 2 rings (SSSR count). The highest BCUT2D eigenvalue weighted by atomic mass is 32.2. The van der Waals surface area contributed by atoms with Crippen molar-refractivity contribution in [3.8, 4) is 0 Å². The summed E-state index contributed by atoms with van der Waals surface area (Å²) in [7, 11) is 3.54. The Morgan fingerprint density at radius 3 is 2.81 bits per heavy atom. The number of nitrogen functional groups attached to an aromatic ring is 1. The molecule has 1 aliphatic carbocycles. The summed E-state index contributed by atoms with van der Waals surface area (Å²) < 4.78 is 0. The van der Waals surface area contributed by atoms with E-state index in [0.29, 0.717) is 22.5 Å². The van der Waals surface area contributed by atoms with Gasteiger partial charge in [-0.25, -0.2) is 0 Å². The number of carbonyl (C=O) groups excluding carboxylic acids is 1. The normalized spacial score (nSPS) is 21.9. The summed E-state index contributed by atoms with van der Waals surface area (Å²) in [5.41, 5.74) is 8.13. The minimum Gasteiger partial charge on any atom is -0.399 e. The molecule has 0 bridgehead atoms. The van der Waals surface area contributed by atoms with E-state index in [1.807, 2.05) is 23.9 Å². The van der Waals surface area contributed by atoms with Crippen molar-refractivity contribution in [3.63, 3.8) is 0 Å². The number of nitrogens with zero attached hydrogens (tertiary/aromatic N) is 1. The minimum absolute atomic E-state index is 0.00901. The fourth-order valence-electron chi connectivity index (χ4n) is 2.82. The zero-order valence-corrected chi connectivity index (χ0v) is 13.9. The first-order chi connectivity index (χ1) is 10.0. The molecule has 0 heterocycles. The van der Waals surface area contributed by atoms with Gasteiger partial charge >= 0.3 is 0 Å². The van der Waals surface area contributed by atoms with Gasteiger partial charge in [0.2, 0.25) is 0 Å². The number of hydrogen-bond acceptors (Lipinski definition) is 4. The van der Waals surface area contributed by atoms with Crippen LogP contribution in [0.4, 0.5) is 11.4 Å². The second kappa shape index (κ2) is 7.07. The lowest BCUT2D eigenvalue weighted by Gasteiger charge is -2.30. The molecule has 0 aromatic heterocycles. The summed E-state index contributed by atoms with van der Waals surface area (Å²) >= 11 is 1.94. The van der Waals surface area contributed by atoms with Gasteiger partial charge in [0.05, 0.1) is 5.56 Å². The fourth-order valence-corrected chi connectivity index (χ4v) is 3.65. The van der Waals surface area contributed by atoms with Crippen LogP contribution in [0.5, 0.6) is 0 Å². The Hall–Kier alpha value is -1.36. The summed E-state index contributed by atoms with van der Waals surface area (Å²) in [6, 6.07) is 5.90. The minimum atomic E-state index is 0.00901. The van der Waals surface area contributed by atoms with Gasteiger partial charge in [0, 0.05) is 36.8 Å². The standard InChI is InChI=1S/C16H25N3OS/c1-19(2)16(20)14-8-7-11(17)9-15(14)18-12-5-4-6-13(10-12)21-3/h7-9,12-13,18H,4-6,10,17H2,1-3H3. The summed E-state index contributed by atoms with van der Waals surface area (Å²) in [5, 5.41) is 4.26. The van der Waals surface area contributed by atoms with Gasteiger partial charge in [0.25, 0.3) is 5.91 Å². The van der Waals surface area contributed by atoms with Crippen molar-refractivity contribution in [2.24, 2.45) is 0 Å². The summed E-state index contributed by atoms with van der Waals surface area (Å²) in [5.74, 6) is 0.00901.